The van der Waals surface area contributed by atoms with Crippen LogP contribution in [0.3, 0.4) is 0 Å². The van der Waals surface area contributed by atoms with Crippen molar-refractivity contribution in [3.63, 3.8) is 0 Å². The van der Waals surface area contributed by atoms with E-state index in [1.54, 1.807) is 17.5 Å². The maximum Gasteiger partial charge on any atom is 0.252 e. The fraction of sp³-hybridized carbons (Fsp3) is 0.412. The van der Waals surface area contributed by atoms with Crippen molar-refractivity contribution in [3.8, 4) is 5.75 Å². The predicted molar refractivity (Wildman–Crippen MR) is 96.1 cm³/mol. The van der Waals surface area contributed by atoms with Crippen molar-refractivity contribution in [2.24, 2.45) is 0 Å². The molecule has 5 nitrogen and oxygen atoms in total. The lowest BCUT2D eigenvalue weighted by molar-refractivity contribution is 0.181. The Morgan fingerprint density at radius 1 is 1.04 bits per heavy atom. The fourth-order valence-electron chi connectivity index (χ4n) is 2.80. The fourth-order valence-corrected chi connectivity index (χ4v) is 5.65. The highest BCUT2D eigenvalue weighted by Crippen LogP contribution is 2.25. The molecular formula is C17H22N2O3S2. The Morgan fingerprint density at radius 3 is 2.25 bits per heavy atom. The van der Waals surface area contributed by atoms with Gasteiger partial charge >= 0.3 is 0 Å². The zero-order valence-electron chi connectivity index (χ0n) is 13.9. The highest BCUT2D eigenvalue weighted by Gasteiger charge is 2.29. The Morgan fingerprint density at radius 2 is 1.71 bits per heavy atom. The van der Waals surface area contributed by atoms with Gasteiger partial charge in [-0.25, -0.2) is 8.42 Å². The van der Waals surface area contributed by atoms with Crippen molar-refractivity contribution in [1.82, 2.24) is 9.21 Å². The Hall–Kier alpha value is -1.41. The summed E-state index contributed by atoms with van der Waals surface area (Å²) in [7, 11) is -1.68. The normalized spacial score (nSPS) is 17.1. The SMILES string of the molecule is COc1ccc(CN2CCN(S(=O)(=O)c3ccc(C)s3)CC2)cc1. The minimum Gasteiger partial charge on any atom is -0.497 e. The zero-order chi connectivity index (χ0) is 17.2. The standard InChI is InChI=1S/C17H22N2O3S2/c1-14-3-8-17(23-14)24(20,21)19-11-9-18(10-12-19)13-15-4-6-16(22-2)7-5-15/h3-8H,9-13H2,1-2H3. The molecule has 1 aromatic carbocycles. The monoisotopic (exact) mass is 366 g/mol. The first kappa shape index (κ1) is 17.4. The van der Waals surface area contributed by atoms with Gasteiger partial charge < -0.3 is 4.74 Å². The maximum atomic E-state index is 12.6. The Balaban J connectivity index is 1.59. The first-order chi connectivity index (χ1) is 11.5. The molecule has 1 aromatic heterocycles. The average molecular weight is 367 g/mol. The first-order valence-corrected chi connectivity index (χ1v) is 10.2. The molecule has 0 aliphatic carbocycles. The molecule has 0 bridgehead atoms. The van der Waals surface area contributed by atoms with E-state index in [9.17, 15) is 8.42 Å². The van der Waals surface area contributed by atoms with Crippen LogP contribution in [0.5, 0.6) is 5.75 Å². The molecule has 2 heterocycles. The molecule has 1 saturated heterocycles. The summed E-state index contributed by atoms with van der Waals surface area (Å²) in [6, 6.07) is 11.6. The van der Waals surface area contributed by atoms with Crippen LogP contribution in [0.15, 0.2) is 40.6 Å². The van der Waals surface area contributed by atoms with Crippen LogP contribution >= 0.6 is 11.3 Å². The van der Waals surface area contributed by atoms with Crippen molar-refractivity contribution >= 4 is 21.4 Å². The van der Waals surface area contributed by atoms with Gasteiger partial charge in [0.2, 0.25) is 0 Å². The van der Waals surface area contributed by atoms with Crippen LogP contribution in [-0.4, -0.2) is 50.9 Å². The van der Waals surface area contributed by atoms with Gasteiger partial charge in [-0.05, 0) is 36.8 Å². The van der Waals surface area contributed by atoms with E-state index in [4.69, 9.17) is 4.74 Å². The molecule has 0 saturated carbocycles. The predicted octanol–water partition coefficient (Wildman–Crippen LogP) is 2.57. The van der Waals surface area contributed by atoms with E-state index in [1.807, 2.05) is 25.1 Å². The first-order valence-electron chi connectivity index (χ1n) is 7.91. The van der Waals surface area contributed by atoms with Gasteiger partial charge in [-0.3, -0.25) is 4.90 Å². The molecule has 0 amide bonds. The molecule has 7 heteroatoms. The Labute approximate surface area is 147 Å². The van der Waals surface area contributed by atoms with Crippen molar-refractivity contribution in [2.45, 2.75) is 17.7 Å². The van der Waals surface area contributed by atoms with Gasteiger partial charge in [0.25, 0.3) is 10.0 Å². The van der Waals surface area contributed by atoms with E-state index in [0.29, 0.717) is 17.3 Å². The Bertz CT molecular complexity index is 776. The summed E-state index contributed by atoms with van der Waals surface area (Å²) in [4.78, 5) is 3.31. The third-order valence-corrected chi connectivity index (χ3v) is 7.57. The van der Waals surface area contributed by atoms with Crippen LogP contribution < -0.4 is 4.74 Å². The number of hydrogen-bond donors (Lipinski definition) is 0. The summed E-state index contributed by atoms with van der Waals surface area (Å²) in [5.74, 6) is 0.848. The van der Waals surface area contributed by atoms with Gasteiger partial charge in [0.15, 0.2) is 0 Å². The second kappa shape index (κ2) is 7.23. The summed E-state index contributed by atoms with van der Waals surface area (Å²) in [6.45, 7) is 5.32. The molecule has 0 atom stereocenters. The van der Waals surface area contributed by atoms with E-state index in [2.05, 4.69) is 17.0 Å². The quantitative estimate of drug-likeness (QED) is 0.816. The van der Waals surface area contributed by atoms with Crippen molar-refractivity contribution in [2.75, 3.05) is 33.3 Å². The van der Waals surface area contributed by atoms with Gasteiger partial charge in [0, 0.05) is 37.6 Å². The van der Waals surface area contributed by atoms with Gasteiger partial charge in [-0.15, -0.1) is 11.3 Å². The molecule has 0 N–H and O–H groups in total. The number of piperazine rings is 1. The van der Waals surface area contributed by atoms with E-state index < -0.39 is 10.0 Å². The second-order valence-electron chi connectivity index (χ2n) is 5.89. The molecule has 1 aliphatic rings. The van der Waals surface area contributed by atoms with Gasteiger partial charge in [-0.1, -0.05) is 12.1 Å². The summed E-state index contributed by atoms with van der Waals surface area (Å²) >= 11 is 1.34. The highest BCUT2D eigenvalue weighted by molar-refractivity contribution is 7.91. The van der Waals surface area contributed by atoms with Crippen LogP contribution in [0.2, 0.25) is 0 Å². The van der Waals surface area contributed by atoms with Crippen molar-refractivity contribution in [1.29, 1.82) is 0 Å². The van der Waals surface area contributed by atoms with E-state index in [1.165, 1.54) is 16.9 Å². The van der Waals surface area contributed by atoms with E-state index in [0.717, 1.165) is 30.3 Å². The average Bonchev–Trinajstić information content (AvgIpc) is 3.03. The number of methoxy groups -OCH3 is 1. The number of aryl methyl sites for hydroxylation is 1. The lowest BCUT2D eigenvalue weighted by atomic mass is 10.2. The minimum absolute atomic E-state index is 0.448. The molecule has 1 fully saturated rings. The third kappa shape index (κ3) is 3.80. The number of sulfonamides is 1. The largest absolute Gasteiger partial charge is 0.497 e. The van der Waals surface area contributed by atoms with E-state index in [-0.39, 0.29) is 0 Å². The van der Waals surface area contributed by atoms with Crippen molar-refractivity contribution in [3.05, 3.63) is 46.8 Å². The minimum atomic E-state index is -3.34. The highest BCUT2D eigenvalue weighted by atomic mass is 32.2. The molecular weight excluding hydrogens is 344 g/mol. The molecule has 24 heavy (non-hydrogen) atoms. The maximum absolute atomic E-state index is 12.6. The molecule has 1 aliphatic heterocycles. The summed E-state index contributed by atoms with van der Waals surface area (Å²) in [6.07, 6.45) is 0. The topological polar surface area (TPSA) is 49.9 Å². The third-order valence-electron chi connectivity index (χ3n) is 4.21. The second-order valence-corrected chi connectivity index (χ2v) is 9.35. The number of benzene rings is 1. The van der Waals surface area contributed by atoms with Gasteiger partial charge in [0.1, 0.15) is 9.96 Å². The summed E-state index contributed by atoms with van der Waals surface area (Å²) in [5.41, 5.74) is 1.21. The number of nitrogens with zero attached hydrogens (tertiary/aromatic N) is 2. The molecule has 2 aromatic rings. The zero-order valence-corrected chi connectivity index (χ0v) is 15.6. The molecule has 130 valence electrons. The van der Waals surface area contributed by atoms with E-state index >= 15 is 0 Å². The number of hydrogen-bond acceptors (Lipinski definition) is 5. The number of rotatable bonds is 5. The van der Waals surface area contributed by atoms with Crippen LogP contribution in [0.1, 0.15) is 10.4 Å². The lowest BCUT2D eigenvalue weighted by Crippen LogP contribution is -2.48. The smallest absolute Gasteiger partial charge is 0.252 e. The van der Waals surface area contributed by atoms with Crippen LogP contribution in [-0.2, 0) is 16.6 Å². The molecule has 0 spiro atoms. The molecule has 0 radical (unpaired) electrons. The lowest BCUT2D eigenvalue weighted by Gasteiger charge is -2.33. The van der Waals surface area contributed by atoms with Crippen LogP contribution in [0.25, 0.3) is 0 Å². The summed E-state index contributed by atoms with van der Waals surface area (Å²) < 4.78 is 32.5. The molecule has 3 rings (SSSR count). The number of ether oxygens (including phenoxy) is 1. The molecule has 0 unspecified atom stereocenters. The van der Waals surface area contributed by atoms with Crippen LogP contribution in [0, 0.1) is 6.92 Å². The number of thiophene rings is 1. The summed E-state index contributed by atoms with van der Waals surface area (Å²) in [5, 5.41) is 0. The van der Waals surface area contributed by atoms with Crippen LogP contribution in [0.4, 0.5) is 0 Å². The van der Waals surface area contributed by atoms with Crippen molar-refractivity contribution < 1.29 is 13.2 Å². The Kier molecular flexibility index (Phi) is 5.24. The van der Waals surface area contributed by atoms with Gasteiger partial charge in [0.05, 0.1) is 7.11 Å². The van der Waals surface area contributed by atoms with Gasteiger partial charge in [-0.2, -0.15) is 4.31 Å².